The van der Waals surface area contributed by atoms with Gasteiger partial charge in [-0.15, -0.1) is 0 Å². The lowest BCUT2D eigenvalue weighted by Crippen LogP contribution is -2.11. The van der Waals surface area contributed by atoms with Crippen molar-refractivity contribution in [2.75, 3.05) is 4.90 Å². The Morgan fingerprint density at radius 1 is 0.226 bits per heavy atom. The highest BCUT2D eigenvalue weighted by atomic mass is 15.1. The van der Waals surface area contributed by atoms with Crippen LogP contribution in [0.25, 0.3) is 66.4 Å². The van der Waals surface area contributed by atoms with Gasteiger partial charge in [-0.05, 0) is 97.2 Å². The van der Waals surface area contributed by atoms with E-state index in [0.29, 0.717) is 0 Å². The van der Waals surface area contributed by atoms with Crippen LogP contribution in [0.5, 0.6) is 0 Å². The highest BCUT2D eigenvalue weighted by molar-refractivity contribution is 5.98. The molecular formula is C52H37N. The first-order valence-electron chi connectivity index (χ1n) is 18.2. The highest BCUT2D eigenvalue weighted by Gasteiger charge is 2.20. The summed E-state index contributed by atoms with van der Waals surface area (Å²) >= 11 is 0. The van der Waals surface area contributed by atoms with Gasteiger partial charge in [0.1, 0.15) is 0 Å². The number of fused-ring (bicyclic) bond motifs is 1. The molecule has 0 atom stereocenters. The number of para-hydroxylation sites is 1. The van der Waals surface area contributed by atoms with Crippen LogP contribution in [-0.2, 0) is 0 Å². The smallest absolute Gasteiger partial charge is 0.0540 e. The molecule has 53 heavy (non-hydrogen) atoms. The Morgan fingerprint density at radius 3 is 1.17 bits per heavy atom. The summed E-state index contributed by atoms with van der Waals surface area (Å²) in [6, 6.07) is 80.8. The molecule has 0 amide bonds. The van der Waals surface area contributed by atoms with Crippen molar-refractivity contribution >= 4 is 27.8 Å². The topological polar surface area (TPSA) is 3.24 Å². The summed E-state index contributed by atoms with van der Waals surface area (Å²) in [5.41, 5.74) is 15.3. The number of rotatable bonds is 8. The molecule has 0 bridgehead atoms. The van der Waals surface area contributed by atoms with E-state index in [-0.39, 0.29) is 0 Å². The van der Waals surface area contributed by atoms with Crippen molar-refractivity contribution in [2.24, 2.45) is 0 Å². The van der Waals surface area contributed by atoms with Crippen molar-refractivity contribution in [2.45, 2.75) is 0 Å². The summed E-state index contributed by atoms with van der Waals surface area (Å²) in [6.45, 7) is 0. The van der Waals surface area contributed by atoms with Crippen LogP contribution in [0.4, 0.5) is 17.1 Å². The lowest BCUT2D eigenvalue weighted by atomic mass is 9.88. The fraction of sp³-hybridized carbons (Fsp3) is 0. The number of nitrogens with zero attached hydrogens (tertiary/aromatic N) is 1. The van der Waals surface area contributed by atoms with Crippen molar-refractivity contribution in [3.05, 3.63) is 224 Å². The minimum absolute atomic E-state index is 1.10. The molecule has 0 N–H and O–H groups in total. The molecule has 0 radical (unpaired) electrons. The standard InChI is InChI=1S/C52H37N/c1-3-15-38(16-4-1)41-29-33-45(34-30-41)53(46-35-31-42(32-36-46)39-17-5-2-6-18-39)52-26-14-13-25-51(52)50-24-12-11-23-49(50)48-22-10-9-21-47(48)44-28-27-40-19-7-8-20-43(40)37-44/h1-37H. The van der Waals surface area contributed by atoms with Crippen LogP contribution in [0.2, 0.25) is 0 Å². The second-order valence-corrected chi connectivity index (χ2v) is 13.3. The first kappa shape index (κ1) is 32.0. The van der Waals surface area contributed by atoms with Gasteiger partial charge >= 0.3 is 0 Å². The van der Waals surface area contributed by atoms with E-state index in [1.165, 1.54) is 60.8 Å². The van der Waals surface area contributed by atoms with Gasteiger partial charge in [0, 0.05) is 16.9 Å². The van der Waals surface area contributed by atoms with E-state index in [1.54, 1.807) is 0 Å². The van der Waals surface area contributed by atoms with Gasteiger partial charge in [0.25, 0.3) is 0 Å². The van der Waals surface area contributed by atoms with Gasteiger partial charge in [-0.3, -0.25) is 0 Å². The van der Waals surface area contributed by atoms with Crippen LogP contribution in [0.3, 0.4) is 0 Å². The Bertz CT molecular complexity index is 2560. The zero-order chi connectivity index (χ0) is 35.4. The molecule has 0 fully saturated rings. The third-order valence-corrected chi connectivity index (χ3v) is 10.1. The Morgan fingerprint density at radius 2 is 0.604 bits per heavy atom. The number of anilines is 3. The predicted octanol–water partition coefficient (Wildman–Crippen LogP) is 14.6. The van der Waals surface area contributed by atoms with E-state index in [0.717, 1.165) is 22.6 Å². The van der Waals surface area contributed by atoms with Crippen molar-refractivity contribution in [1.29, 1.82) is 0 Å². The molecule has 0 saturated carbocycles. The minimum Gasteiger partial charge on any atom is -0.310 e. The summed E-state index contributed by atoms with van der Waals surface area (Å²) in [4.78, 5) is 2.39. The molecule has 0 saturated heterocycles. The lowest BCUT2D eigenvalue weighted by molar-refractivity contribution is 1.28. The first-order chi connectivity index (χ1) is 26.3. The normalized spacial score (nSPS) is 11.0. The third kappa shape index (κ3) is 6.42. The zero-order valence-electron chi connectivity index (χ0n) is 29.3. The summed E-state index contributed by atoms with van der Waals surface area (Å²) < 4.78 is 0. The maximum absolute atomic E-state index is 2.39. The Hall–Kier alpha value is -6.96. The van der Waals surface area contributed by atoms with Crippen LogP contribution in [-0.4, -0.2) is 0 Å². The molecular weight excluding hydrogens is 639 g/mol. The summed E-state index contributed by atoms with van der Waals surface area (Å²) in [5.74, 6) is 0. The SMILES string of the molecule is c1ccc(-c2ccc(N(c3ccc(-c4ccccc4)cc3)c3ccccc3-c3ccccc3-c3ccccc3-c3ccc4ccccc4c3)cc2)cc1. The zero-order valence-corrected chi connectivity index (χ0v) is 29.3. The van der Waals surface area contributed by atoms with Crippen LogP contribution < -0.4 is 4.90 Å². The molecule has 1 heteroatoms. The molecule has 0 aliphatic heterocycles. The van der Waals surface area contributed by atoms with E-state index in [4.69, 9.17) is 0 Å². The number of hydrogen-bond acceptors (Lipinski definition) is 1. The van der Waals surface area contributed by atoms with Crippen LogP contribution in [0.15, 0.2) is 224 Å². The Labute approximate surface area is 311 Å². The monoisotopic (exact) mass is 675 g/mol. The van der Waals surface area contributed by atoms with E-state index in [1.807, 2.05) is 0 Å². The molecule has 0 spiro atoms. The average Bonchev–Trinajstić information content (AvgIpc) is 3.25. The quantitative estimate of drug-likeness (QED) is 0.155. The Kier molecular flexibility index (Phi) is 8.66. The number of benzene rings is 9. The van der Waals surface area contributed by atoms with Crippen molar-refractivity contribution < 1.29 is 0 Å². The maximum atomic E-state index is 2.39. The van der Waals surface area contributed by atoms with Gasteiger partial charge in [-0.25, -0.2) is 0 Å². The number of hydrogen-bond donors (Lipinski definition) is 0. The molecule has 0 aromatic heterocycles. The van der Waals surface area contributed by atoms with Gasteiger partial charge in [0.2, 0.25) is 0 Å². The summed E-state index contributed by atoms with van der Waals surface area (Å²) in [6.07, 6.45) is 0. The van der Waals surface area contributed by atoms with E-state index in [9.17, 15) is 0 Å². The fourth-order valence-corrected chi connectivity index (χ4v) is 7.47. The highest BCUT2D eigenvalue weighted by Crippen LogP contribution is 2.45. The van der Waals surface area contributed by atoms with E-state index in [2.05, 4.69) is 229 Å². The third-order valence-electron chi connectivity index (χ3n) is 10.1. The van der Waals surface area contributed by atoms with Crippen LogP contribution in [0, 0.1) is 0 Å². The van der Waals surface area contributed by atoms with Gasteiger partial charge in [0.15, 0.2) is 0 Å². The van der Waals surface area contributed by atoms with Crippen LogP contribution >= 0.6 is 0 Å². The molecule has 1 nitrogen and oxygen atoms in total. The van der Waals surface area contributed by atoms with Crippen LogP contribution in [0.1, 0.15) is 0 Å². The second kappa shape index (κ2) is 14.3. The average molecular weight is 676 g/mol. The van der Waals surface area contributed by atoms with E-state index < -0.39 is 0 Å². The van der Waals surface area contributed by atoms with Crippen molar-refractivity contribution in [3.63, 3.8) is 0 Å². The van der Waals surface area contributed by atoms with Crippen molar-refractivity contribution in [1.82, 2.24) is 0 Å². The maximum Gasteiger partial charge on any atom is 0.0540 e. The van der Waals surface area contributed by atoms with E-state index >= 15 is 0 Å². The largest absolute Gasteiger partial charge is 0.310 e. The Balaban J connectivity index is 1.19. The van der Waals surface area contributed by atoms with Crippen molar-refractivity contribution in [3.8, 4) is 55.6 Å². The molecule has 0 heterocycles. The minimum atomic E-state index is 1.10. The predicted molar refractivity (Wildman–Crippen MR) is 226 cm³/mol. The van der Waals surface area contributed by atoms with Gasteiger partial charge in [-0.2, -0.15) is 0 Å². The lowest BCUT2D eigenvalue weighted by Gasteiger charge is -2.29. The second-order valence-electron chi connectivity index (χ2n) is 13.3. The molecule has 9 aromatic carbocycles. The molecule has 0 aliphatic carbocycles. The molecule has 0 aliphatic rings. The summed E-state index contributed by atoms with van der Waals surface area (Å²) in [7, 11) is 0. The van der Waals surface area contributed by atoms with Gasteiger partial charge in [0.05, 0.1) is 5.69 Å². The van der Waals surface area contributed by atoms with Gasteiger partial charge < -0.3 is 4.90 Å². The molecule has 0 unspecified atom stereocenters. The molecule has 9 rings (SSSR count). The molecule has 9 aromatic rings. The first-order valence-corrected chi connectivity index (χ1v) is 18.2. The summed E-state index contributed by atoms with van der Waals surface area (Å²) in [5, 5.41) is 2.49. The van der Waals surface area contributed by atoms with Gasteiger partial charge in [-0.1, -0.05) is 188 Å². The molecule has 250 valence electrons. The fourth-order valence-electron chi connectivity index (χ4n) is 7.47.